The van der Waals surface area contributed by atoms with Crippen LogP contribution in [0, 0.1) is 0 Å². The first kappa shape index (κ1) is 20.2. The van der Waals surface area contributed by atoms with Gasteiger partial charge in [-0.05, 0) is 20.8 Å². The summed E-state index contributed by atoms with van der Waals surface area (Å²) in [7, 11) is 0. The van der Waals surface area contributed by atoms with E-state index in [-0.39, 0.29) is 18.2 Å². The molecule has 2 aliphatic heterocycles. The van der Waals surface area contributed by atoms with Gasteiger partial charge in [0.15, 0.2) is 5.71 Å². The molecule has 154 valence electrons. The molecule has 2 N–H and O–H groups in total. The molecular weight excluding hydrogens is 394 g/mol. The number of cyclic esters (lactones) is 2. The second-order valence-corrected chi connectivity index (χ2v) is 7.63. The zero-order chi connectivity index (χ0) is 20.4. The summed E-state index contributed by atoms with van der Waals surface area (Å²) in [5.74, 6) is -3.74. The van der Waals surface area contributed by atoms with Crippen LogP contribution in [0.15, 0.2) is 5.16 Å². The number of anilines is 1. The molecule has 0 aromatic carbocycles. The Bertz CT molecular complexity index is 753. The third-order valence-corrected chi connectivity index (χ3v) is 4.28. The van der Waals surface area contributed by atoms with E-state index in [1.165, 1.54) is 0 Å². The number of aromatic nitrogens is 2. The van der Waals surface area contributed by atoms with Crippen LogP contribution in [0.1, 0.15) is 20.8 Å². The molecule has 2 fully saturated rings. The fourth-order valence-corrected chi connectivity index (χ4v) is 3.18. The molecule has 3 rings (SSSR count). The molecule has 2 saturated heterocycles. The highest BCUT2D eigenvalue weighted by molar-refractivity contribution is 6.99. The van der Waals surface area contributed by atoms with Gasteiger partial charge < -0.3 is 29.1 Å². The summed E-state index contributed by atoms with van der Waals surface area (Å²) < 4.78 is 29.4. The van der Waals surface area contributed by atoms with E-state index in [1.807, 2.05) is 4.90 Å². The molecule has 0 aliphatic carbocycles. The summed E-state index contributed by atoms with van der Waals surface area (Å²) in [5.41, 5.74) is -0.926. The summed E-state index contributed by atoms with van der Waals surface area (Å²) in [6.07, 6.45) is 0. The zero-order valence-corrected chi connectivity index (χ0v) is 16.4. The van der Waals surface area contributed by atoms with E-state index in [9.17, 15) is 14.8 Å². The van der Waals surface area contributed by atoms with Gasteiger partial charge in [-0.15, -0.1) is 4.37 Å². The number of hydrogen-bond acceptors (Lipinski definition) is 13. The molecule has 0 spiro atoms. The van der Waals surface area contributed by atoms with E-state index in [4.69, 9.17) is 18.9 Å². The predicted molar refractivity (Wildman–Crippen MR) is 95.5 cm³/mol. The number of ether oxygens (including phenoxy) is 4. The minimum atomic E-state index is -2.08. The Morgan fingerprint density at radius 2 is 1.93 bits per heavy atom. The number of hydrogen-bond donors (Lipinski definition) is 2. The van der Waals surface area contributed by atoms with Crippen LogP contribution in [0.3, 0.4) is 0 Å². The third kappa shape index (κ3) is 4.31. The highest BCUT2D eigenvalue weighted by atomic mass is 32.1. The van der Waals surface area contributed by atoms with E-state index in [1.54, 1.807) is 20.8 Å². The van der Waals surface area contributed by atoms with Gasteiger partial charge in [-0.25, -0.2) is 14.9 Å². The third-order valence-electron chi connectivity index (χ3n) is 3.78. The van der Waals surface area contributed by atoms with Gasteiger partial charge in [0.1, 0.15) is 6.61 Å². The van der Waals surface area contributed by atoms with Crippen LogP contribution in [0.2, 0.25) is 0 Å². The Kier molecular flexibility index (Phi) is 5.67. The monoisotopic (exact) mass is 415 g/mol. The molecule has 1 aromatic heterocycles. The molecule has 0 saturated carbocycles. The van der Waals surface area contributed by atoms with E-state index < -0.39 is 23.4 Å². The summed E-state index contributed by atoms with van der Waals surface area (Å²) >= 11 is 0.965. The molecule has 28 heavy (non-hydrogen) atoms. The number of carbonyl (C=O) groups excluding carboxylic acids is 2. The smallest absolute Gasteiger partial charge is 0.422 e. The second kappa shape index (κ2) is 7.85. The van der Waals surface area contributed by atoms with Crippen LogP contribution in [0.4, 0.5) is 5.82 Å². The first-order chi connectivity index (χ1) is 13.2. The fraction of sp³-hybridized carbons (Fsp3) is 0.667. The predicted octanol–water partition coefficient (Wildman–Crippen LogP) is -0.274. The molecule has 2 aliphatic rings. The topological polar surface area (TPSA) is 145 Å². The van der Waals surface area contributed by atoms with Gasteiger partial charge in [-0.1, -0.05) is 5.16 Å². The van der Waals surface area contributed by atoms with Crippen LogP contribution in [0.5, 0.6) is 5.88 Å². The molecule has 0 atom stereocenters. The van der Waals surface area contributed by atoms with Crippen LogP contribution >= 0.6 is 11.7 Å². The van der Waals surface area contributed by atoms with E-state index in [0.29, 0.717) is 32.1 Å². The average Bonchev–Trinajstić information content (AvgIpc) is 3.20. The van der Waals surface area contributed by atoms with Crippen LogP contribution < -0.4 is 15.0 Å². The van der Waals surface area contributed by atoms with Crippen LogP contribution in [0.25, 0.3) is 0 Å². The number of oxime groups is 1. The van der Waals surface area contributed by atoms with Crippen LogP contribution in [-0.4, -0.2) is 76.0 Å². The van der Waals surface area contributed by atoms with Crippen molar-refractivity contribution in [3.05, 3.63) is 0 Å². The minimum Gasteiger partial charge on any atom is -0.468 e. The van der Waals surface area contributed by atoms with Crippen molar-refractivity contribution in [3.63, 3.8) is 0 Å². The number of rotatable bonds is 6. The van der Waals surface area contributed by atoms with Crippen molar-refractivity contribution in [2.45, 2.75) is 32.2 Å². The fourth-order valence-electron chi connectivity index (χ4n) is 2.66. The molecule has 0 amide bonds. The number of carbonyl (C=O) groups is 2. The lowest BCUT2D eigenvalue weighted by molar-refractivity contribution is -0.168. The maximum atomic E-state index is 11.6. The Morgan fingerprint density at radius 1 is 1.29 bits per heavy atom. The van der Waals surface area contributed by atoms with E-state index >= 15 is 0 Å². The van der Waals surface area contributed by atoms with Gasteiger partial charge in [0, 0.05) is 18.6 Å². The lowest BCUT2D eigenvalue weighted by Crippen LogP contribution is -2.61. The number of morpholine rings is 1. The maximum Gasteiger partial charge on any atom is 0.422 e. The van der Waals surface area contributed by atoms with Gasteiger partial charge >= 0.3 is 17.8 Å². The molecule has 3 heterocycles. The van der Waals surface area contributed by atoms with Crippen molar-refractivity contribution in [3.8, 4) is 5.88 Å². The largest absolute Gasteiger partial charge is 0.468 e. The van der Waals surface area contributed by atoms with Crippen molar-refractivity contribution in [1.82, 2.24) is 14.1 Å². The van der Waals surface area contributed by atoms with Crippen molar-refractivity contribution in [1.29, 1.82) is 0 Å². The summed E-state index contributed by atoms with van der Waals surface area (Å²) in [6, 6.07) is 0. The van der Waals surface area contributed by atoms with Gasteiger partial charge in [0.05, 0.1) is 24.9 Å². The van der Waals surface area contributed by atoms with E-state index in [2.05, 4.69) is 19.2 Å². The minimum absolute atomic E-state index is 0.217. The normalized spacial score (nSPS) is 20.1. The van der Waals surface area contributed by atoms with Crippen molar-refractivity contribution < 1.29 is 33.7 Å². The SMILES string of the molecule is CC(C)(C)NC1(/C(COc2nsnc2N2CCOCC2)=N/O)OC(=O)C(=O)O1. The summed E-state index contributed by atoms with van der Waals surface area (Å²) in [5, 5.41) is 15.5. The molecule has 0 unspecified atom stereocenters. The Morgan fingerprint density at radius 3 is 2.50 bits per heavy atom. The molecule has 0 radical (unpaired) electrons. The highest BCUT2D eigenvalue weighted by Gasteiger charge is 2.55. The van der Waals surface area contributed by atoms with Gasteiger partial charge in [-0.2, -0.15) is 4.37 Å². The molecule has 0 bridgehead atoms. The summed E-state index contributed by atoms with van der Waals surface area (Å²) in [6.45, 7) is 7.28. The molecule has 12 nitrogen and oxygen atoms in total. The first-order valence-electron chi connectivity index (χ1n) is 8.49. The van der Waals surface area contributed by atoms with Crippen molar-refractivity contribution >= 4 is 35.2 Å². The molecular formula is C15H21N5O7S. The van der Waals surface area contributed by atoms with Crippen molar-refractivity contribution in [2.75, 3.05) is 37.8 Å². The van der Waals surface area contributed by atoms with E-state index in [0.717, 1.165) is 11.7 Å². The Balaban J connectivity index is 1.77. The van der Waals surface area contributed by atoms with Gasteiger partial charge in [-0.3, -0.25) is 0 Å². The first-order valence-corrected chi connectivity index (χ1v) is 9.22. The maximum absolute atomic E-state index is 11.6. The molecule has 1 aromatic rings. The number of nitrogens with zero attached hydrogens (tertiary/aromatic N) is 4. The zero-order valence-electron chi connectivity index (χ0n) is 15.6. The van der Waals surface area contributed by atoms with Crippen molar-refractivity contribution in [2.24, 2.45) is 5.16 Å². The highest BCUT2D eigenvalue weighted by Crippen LogP contribution is 2.28. The van der Waals surface area contributed by atoms with Crippen LogP contribution in [-0.2, 0) is 23.8 Å². The lowest BCUT2D eigenvalue weighted by Gasteiger charge is -2.33. The standard InChI is InChI=1S/C15H21N5O7S/c1-14(2,3)19-15(26-12(21)13(22)27-15)9(16-23)8-25-11-10(17-28-18-11)20-4-6-24-7-5-20/h19,23H,4-8H2,1-3H3/b16-9+. The number of nitrogens with one attached hydrogen (secondary N) is 1. The Labute approximate surface area is 164 Å². The Hall–Kier alpha value is -2.51. The second-order valence-electron chi connectivity index (χ2n) is 7.10. The quantitative estimate of drug-likeness (QED) is 0.208. The molecule has 13 heteroatoms. The average molecular weight is 415 g/mol. The number of esters is 2. The van der Waals surface area contributed by atoms with Gasteiger partial charge in [0.2, 0.25) is 5.82 Å². The van der Waals surface area contributed by atoms with Gasteiger partial charge in [0.25, 0.3) is 5.88 Å². The lowest BCUT2D eigenvalue weighted by atomic mass is 10.1. The summed E-state index contributed by atoms with van der Waals surface area (Å²) in [4.78, 5) is 25.2.